The average molecular weight is 297 g/mol. The number of urea groups is 1. The van der Waals surface area contributed by atoms with Crippen LogP contribution in [0, 0.1) is 5.92 Å². The number of carbonyl (C=O) groups is 3. The zero-order chi connectivity index (χ0) is 15.4. The Morgan fingerprint density at radius 1 is 1.38 bits per heavy atom. The van der Waals surface area contributed by atoms with Gasteiger partial charge in [0.05, 0.1) is 6.42 Å². The highest BCUT2D eigenvalue weighted by Gasteiger charge is 2.36. The molecule has 0 radical (unpaired) electrons. The Kier molecular flexibility index (Phi) is 5.03. The van der Waals surface area contributed by atoms with Crippen molar-refractivity contribution in [1.29, 1.82) is 0 Å². The molecule has 7 heteroatoms. The number of hydrogen-bond acceptors (Lipinski definition) is 3. The maximum Gasteiger partial charge on any atom is 0.320 e. The highest BCUT2D eigenvalue weighted by atomic mass is 16.4. The summed E-state index contributed by atoms with van der Waals surface area (Å²) in [5.74, 6) is -0.935. The van der Waals surface area contributed by atoms with Crippen molar-refractivity contribution >= 4 is 17.9 Å². The molecule has 0 aromatic carbocycles. The van der Waals surface area contributed by atoms with Gasteiger partial charge in [0.1, 0.15) is 6.04 Å². The molecule has 2 N–H and O–H groups in total. The molecule has 2 fully saturated rings. The zero-order valence-corrected chi connectivity index (χ0v) is 12.4. The third-order valence-electron chi connectivity index (χ3n) is 4.28. The van der Waals surface area contributed by atoms with Crippen LogP contribution in [0.15, 0.2) is 0 Å². The minimum absolute atomic E-state index is 0.247. The third kappa shape index (κ3) is 3.86. The maximum absolute atomic E-state index is 12.5. The van der Waals surface area contributed by atoms with Gasteiger partial charge in [-0.3, -0.25) is 9.59 Å². The SMILES string of the molecule is CN(CC1CCCC1)C(=O)N1CCNC(=O)C1CC(=O)O. The van der Waals surface area contributed by atoms with Crippen LogP contribution >= 0.6 is 0 Å². The Morgan fingerprint density at radius 2 is 2.05 bits per heavy atom. The topological polar surface area (TPSA) is 90.0 Å². The monoisotopic (exact) mass is 297 g/mol. The fourth-order valence-corrected chi connectivity index (χ4v) is 3.19. The van der Waals surface area contributed by atoms with Crippen LogP contribution in [0.3, 0.4) is 0 Å². The maximum atomic E-state index is 12.5. The van der Waals surface area contributed by atoms with E-state index in [9.17, 15) is 14.4 Å². The lowest BCUT2D eigenvalue weighted by Gasteiger charge is -2.37. The van der Waals surface area contributed by atoms with Gasteiger partial charge in [-0.25, -0.2) is 4.79 Å². The van der Waals surface area contributed by atoms with Crippen LogP contribution in [0.4, 0.5) is 4.79 Å². The predicted octanol–water partition coefficient (Wildman–Crippen LogP) is 0.504. The number of aliphatic carboxylic acids is 1. The Hall–Kier alpha value is -1.79. The van der Waals surface area contributed by atoms with Crippen LogP contribution < -0.4 is 5.32 Å². The molecule has 1 aliphatic carbocycles. The molecule has 3 amide bonds. The number of carbonyl (C=O) groups excluding carboxylic acids is 2. The van der Waals surface area contributed by atoms with Crippen LogP contribution in [0.1, 0.15) is 32.1 Å². The van der Waals surface area contributed by atoms with Crippen molar-refractivity contribution in [1.82, 2.24) is 15.1 Å². The molecule has 21 heavy (non-hydrogen) atoms. The van der Waals surface area contributed by atoms with Crippen molar-refractivity contribution in [2.45, 2.75) is 38.1 Å². The van der Waals surface area contributed by atoms with Crippen molar-refractivity contribution < 1.29 is 19.5 Å². The Balaban J connectivity index is 1.99. The first kappa shape index (κ1) is 15.6. The van der Waals surface area contributed by atoms with E-state index in [0.29, 0.717) is 25.6 Å². The molecule has 1 unspecified atom stereocenters. The van der Waals surface area contributed by atoms with Crippen molar-refractivity contribution in [2.24, 2.45) is 5.92 Å². The molecular weight excluding hydrogens is 274 g/mol. The second-order valence-corrected chi connectivity index (χ2v) is 5.91. The van der Waals surface area contributed by atoms with E-state index >= 15 is 0 Å². The Morgan fingerprint density at radius 3 is 2.67 bits per heavy atom. The lowest BCUT2D eigenvalue weighted by Crippen LogP contribution is -2.60. The largest absolute Gasteiger partial charge is 0.481 e. The van der Waals surface area contributed by atoms with Gasteiger partial charge in [-0.05, 0) is 18.8 Å². The molecule has 0 bridgehead atoms. The molecule has 0 aromatic rings. The van der Waals surface area contributed by atoms with Gasteiger partial charge in [0, 0.05) is 26.7 Å². The van der Waals surface area contributed by atoms with Gasteiger partial charge >= 0.3 is 12.0 Å². The van der Waals surface area contributed by atoms with Crippen LogP contribution in [0.25, 0.3) is 0 Å². The number of hydrogen-bond donors (Lipinski definition) is 2. The molecule has 2 rings (SSSR count). The molecule has 0 spiro atoms. The van der Waals surface area contributed by atoms with Gasteiger partial charge in [-0.15, -0.1) is 0 Å². The molecule has 1 heterocycles. The summed E-state index contributed by atoms with van der Waals surface area (Å²) in [5.41, 5.74) is 0. The van der Waals surface area contributed by atoms with Crippen molar-refractivity contribution in [2.75, 3.05) is 26.7 Å². The summed E-state index contributed by atoms with van der Waals surface area (Å²) in [6, 6.07) is -1.15. The Labute approximate surface area is 124 Å². The minimum atomic E-state index is -1.08. The van der Waals surface area contributed by atoms with E-state index in [4.69, 9.17) is 5.11 Å². The molecule has 1 aliphatic heterocycles. The second kappa shape index (κ2) is 6.78. The molecule has 1 atom stereocenters. The summed E-state index contributed by atoms with van der Waals surface area (Å²) in [6.45, 7) is 1.41. The number of nitrogens with zero attached hydrogens (tertiary/aromatic N) is 2. The van der Waals surface area contributed by atoms with Gasteiger partial charge in [-0.1, -0.05) is 12.8 Å². The summed E-state index contributed by atoms with van der Waals surface area (Å²) in [5, 5.41) is 11.5. The van der Waals surface area contributed by atoms with Gasteiger partial charge in [-0.2, -0.15) is 0 Å². The fraction of sp³-hybridized carbons (Fsp3) is 0.786. The van der Waals surface area contributed by atoms with E-state index in [-0.39, 0.29) is 18.4 Å². The normalized spacial score (nSPS) is 23.0. The first-order valence-electron chi connectivity index (χ1n) is 7.50. The summed E-state index contributed by atoms with van der Waals surface area (Å²) < 4.78 is 0. The van der Waals surface area contributed by atoms with Crippen LogP contribution in [0.5, 0.6) is 0 Å². The summed E-state index contributed by atoms with van der Waals surface area (Å²) in [4.78, 5) is 38.2. The van der Waals surface area contributed by atoms with Gasteiger partial charge < -0.3 is 20.2 Å². The first-order chi connectivity index (χ1) is 9.99. The van der Waals surface area contributed by atoms with Crippen LogP contribution in [-0.2, 0) is 9.59 Å². The van der Waals surface area contributed by atoms with E-state index < -0.39 is 12.0 Å². The highest BCUT2D eigenvalue weighted by Crippen LogP contribution is 2.25. The average Bonchev–Trinajstić information content (AvgIpc) is 2.92. The molecule has 7 nitrogen and oxygen atoms in total. The summed E-state index contributed by atoms with van der Waals surface area (Å²) in [6.07, 6.45) is 4.34. The lowest BCUT2D eigenvalue weighted by molar-refractivity contribution is -0.142. The van der Waals surface area contributed by atoms with E-state index in [1.54, 1.807) is 11.9 Å². The molecule has 1 saturated carbocycles. The van der Waals surface area contributed by atoms with E-state index in [0.717, 1.165) is 12.8 Å². The van der Waals surface area contributed by atoms with Crippen LogP contribution in [0.2, 0.25) is 0 Å². The van der Waals surface area contributed by atoms with Crippen LogP contribution in [-0.4, -0.2) is 65.5 Å². The molecular formula is C14H23N3O4. The number of nitrogens with one attached hydrogen (secondary N) is 1. The molecule has 0 aromatic heterocycles. The smallest absolute Gasteiger partial charge is 0.320 e. The van der Waals surface area contributed by atoms with Gasteiger partial charge in [0.25, 0.3) is 0 Å². The second-order valence-electron chi connectivity index (χ2n) is 5.91. The number of amides is 3. The highest BCUT2D eigenvalue weighted by molar-refractivity contribution is 5.91. The number of rotatable bonds is 4. The molecule has 1 saturated heterocycles. The predicted molar refractivity (Wildman–Crippen MR) is 75.7 cm³/mol. The molecule has 118 valence electrons. The van der Waals surface area contributed by atoms with Gasteiger partial charge in [0.2, 0.25) is 5.91 Å². The number of carboxylic acids is 1. The van der Waals surface area contributed by atoms with Crippen molar-refractivity contribution in [3.05, 3.63) is 0 Å². The van der Waals surface area contributed by atoms with Crippen molar-refractivity contribution in [3.8, 4) is 0 Å². The van der Waals surface area contributed by atoms with Crippen molar-refractivity contribution in [3.63, 3.8) is 0 Å². The zero-order valence-electron chi connectivity index (χ0n) is 12.4. The van der Waals surface area contributed by atoms with E-state index in [2.05, 4.69) is 5.32 Å². The summed E-state index contributed by atoms with van der Waals surface area (Å²) >= 11 is 0. The van der Waals surface area contributed by atoms with Gasteiger partial charge in [0.15, 0.2) is 0 Å². The summed E-state index contributed by atoms with van der Waals surface area (Å²) in [7, 11) is 1.73. The quantitative estimate of drug-likeness (QED) is 0.791. The molecule has 2 aliphatic rings. The lowest BCUT2D eigenvalue weighted by atomic mass is 10.1. The van der Waals surface area contributed by atoms with E-state index in [1.165, 1.54) is 17.7 Å². The standard InChI is InChI=1S/C14H23N3O4/c1-16(9-10-4-2-3-5-10)14(21)17-7-6-15-13(20)11(17)8-12(18)19/h10-11H,2-9H2,1H3,(H,15,20)(H,18,19). The minimum Gasteiger partial charge on any atom is -0.481 e. The Bertz CT molecular complexity index is 420. The number of piperazine rings is 1. The first-order valence-corrected chi connectivity index (χ1v) is 7.50. The van der Waals surface area contributed by atoms with E-state index in [1.807, 2.05) is 0 Å². The third-order valence-corrected chi connectivity index (χ3v) is 4.28. The number of carboxylic acid groups (broad SMARTS) is 1. The fourth-order valence-electron chi connectivity index (χ4n) is 3.19.